The summed E-state index contributed by atoms with van der Waals surface area (Å²) in [6.07, 6.45) is 1.59. The van der Waals surface area contributed by atoms with Crippen molar-refractivity contribution in [2.24, 2.45) is 4.99 Å². The van der Waals surface area contributed by atoms with Gasteiger partial charge in [-0.05, 0) is 47.4 Å². The van der Waals surface area contributed by atoms with Crippen LogP contribution in [0.15, 0.2) is 65.7 Å². The first-order chi connectivity index (χ1) is 15.2. The molecule has 4 rings (SSSR count). The van der Waals surface area contributed by atoms with Gasteiger partial charge in [-0.2, -0.15) is 0 Å². The number of ether oxygens (including phenoxy) is 4. The highest BCUT2D eigenvalue weighted by molar-refractivity contribution is 6.04. The molecule has 160 valence electrons. The van der Waals surface area contributed by atoms with Crippen molar-refractivity contribution in [3.8, 4) is 23.0 Å². The molecule has 1 aliphatic heterocycles. The number of hydrogen-bond donors (Lipinski definition) is 0. The van der Waals surface area contributed by atoms with E-state index >= 15 is 0 Å². The molecule has 0 N–H and O–H groups in total. The van der Waals surface area contributed by atoms with Crippen LogP contribution in [-0.2, 0) is 19.4 Å². The van der Waals surface area contributed by atoms with Gasteiger partial charge in [0.25, 0.3) is 0 Å². The van der Waals surface area contributed by atoms with Crippen LogP contribution in [0.4, 0.5) is 0 Å². The summed E-state index contributed by atoms with van der Waals surface area (Å²) in [5.41, 5.74) is 5.63. The Hall–Kier alpha value is -3.47. The third-order valence-electron chi connectivity index (χ3n) is 5.44. The third kappa shape index (κ3) is 4.66. The Morgan fingerprint density at radius 1 is 0.742 bits per heavy atom. The number of hydrogen-bond acceptors (Lipinski definition) is 5. The van der Waals surface area contributed by atoms with Crippen molar-refractivity contribution in [3.63, 3.8) is 0 Å². The van der Waals surface area contributed by atoms with E-state index in [2.05, 4.69) is 24.3 Å². The molecule has 0 amide bonds. The third-order valence-corrected chi connectivity index (χ3v) is 5.44. The lowest BCUT2D eigenvalue weighted by Gasteiger charge is -2.21. The zero-order chi connectivity index (χ0) is 21.6. The molecule has 5 heteroatoms. The van der Waals surface area contributed by atoms with E-state index in [0.29, 0.717) is 13.0 Å². The fourth-order valence-electron chi connectivity index (χ4n) is 3.82. The molecule has 0 fully saturated rings. The quantitative estimate of drug-likeness (QED) is 0.524. The van der Waals surface area contributed by atoms with E-state index in [1.54, 1.807) is 21.3 Å². The van der Waals surface area contributed by atoms with Gasteiger partial charge in [-0.15, -0.1) is 0 Å². The molecule has 0 atom stereocenters. The Morgan fingerprint density at radius 3 is 2.23 bits per heavy atom. The van der Waals surface area contributed by atoms with E-state index < -0.39 is 0 Å². The van der Waals surface area contributed by atoms with Crippen molar-refractivity contribution < 1.29 is 18.9 Å². The average Bonchev–Trinajstić information content (AvgIpc) is 2.83. The minimum atomic E-state index is 0.503. The number of aliphatic imine (C=N–C) groups is 1. The van der Waals surface area contributed by atoms with Crippen molar-refractivity contribution in [1.29, 1.82) is 0 Å². The molecule has 0 bridgehead atoms. The number of rotatable bonds is 8. The maximum Gasteiger partial charge on any atom is 0.161 e. The van der Waals surface area contributed by atoms with Gasteiger partial charge in [0.15, 0.2) is 23.0 Å². The molecule has 3 aromatic rings. The Labute approximate surface area is 183 Å². The lowest BCUT2D eigenvalue weighted by atomic mass is 9.93. The zero-order valence-electron chi connectivity index (χ0n) is 18.2. The van der Waals surface area contributed by atoms with Gasteiger partial charge in [0.05, 0.1) is 21.3 Å². The predicted molar refractivity (Wildman–Crippen MR) is 122 cm³/mol. The average molecular weight is 418 g/mol. The van der Waals surface area contributed by atoms with E-state index in [9.17, 15) is 0 Å². The standard InChI is InChI=1S/C26H27NO4/c1-28-23-10-9-19(14-24(23)29-2)13-22-21-16-25(30-3)26(15-20(21)11-12-27-22)31-17-18-7-5-4-6-8-18/h4-10,14-16H,11-13,17H2,1-3H3. The molecule has 0 aromatic heterocycles. The summed E-state index contributed by atoms with van der Waals surface area (Å²) < 4.78 is 22.5. The van der Waals surface area contributed by atoms with Crippen molar-refractivity contribution in [2.45, 2.75) is 19.4 Å². The zero-order valence-corrected chi connectivity index (χ0v) is 18.2. The number of fused-ring (bicyclic) bond motifs is 1. The second kappa shape index (κ2) is 9.56. The molecule has 5 nitrogen and oxygen atoms in total. The fourth-order valence-corrected chi connectivity index (χ4v) is 3.82. The molecule has 1 aliphatic rings. The molecule has 0 radical (unpaired) electrons. The van der Waals surface area contributed by atoms with Crippen LogP contribution >= 0.6 is 0 Å². The molecule has 0 unspecified atom stereocenters. The smallest absolute Gasteiger partial charge is 0.161 e. The van der Waals surface area contributed by atoms with Crippen LogP contribution in [0.3, 0.4) is 0 Å². The largest absolute Gasteiger partial charge is 0.493 e. The lowest BCUT2D eigenvalue weighted by Crippen LogP contribution is -2.16. The SMILES string of the molecule is COc1ccc(CC2=NCCc3cc(OCc4ccccc4)c(OC)cc32)cc1OC. The number of methoxy groups -OCH3 is 3. The van der Waals surface area contributed by atoms with Crippen LogP contribution < -0.4 is 18.9 Å². The fraction of sp³-hybridized carbons (Fsp3) is 0.269. The summed E-state index contributed by atoms with van der Waals surface area (Å²) in [5.74, 6) is 2.92. The van der Waals surface area contributed by atoms with E-state index in [4.69, 9.17) is 23.9 Å². The minimum Gasteiger partial charge on any atom is -0.493 e. The normalized spacial score (nSPS) is 12.5. The van der Waals surface area contributed by atoms with Gasteiger partial charge in [-0.1, -0.05) is 36.4 Å². The maximum absolute atomic E-state index is 6.09. The molecular weight excluding hydrogens is 390 g/mol. The van der Waals surface area contributed by atoms with E-state index in [0.717, 1.165) is 58.4 Å². The van der Waals surface area contributed by atoms with Crippen LogP contribution in [0.1, 0.15) is 22.3 Å². The van der Waals surface area contributed by atoms with Crippen molar-refractivity contribution >= 4 is 5.71 Å². The van der Waals surface area contributed by atoms with Crippen LogP contribution in [0.25, 0.3) is 0 Å². The molecular formula is C26H27NO4. The van der Waals surface area contributed by atoms with Crippen molar-refractivity contribution in [1.82, 2.24) is 0 Å². The summed E-state index contributed by atoms with van der Waals surface area (Å²) in [6.45, 7) is 1.27. The van der Waals surface area contributed by atoms with Gasteiger partial charge in [0.1, 0.15) is 6.61 Å². The highest BCUT2D eigenvalue weighted by Crippen LogP contribution is 2.34. The van der Waals surface area contributed by atoms with Gasteiger partial charge in [0, 0.05) is 24.2 Å². The summed E-state index contributed by atoms with van der Waals surface area (Å²) in [4.78, 5) is 4.81. The first kappa shape index (κ1) is 20.8. The molecule has 0 spiro atoms. The molecule has 31 heavy (non-hydrogen) atoms. The highest BCUT2D eigenvalue weighted by Gasteiger charge is 2.19. The van der Waals surface area contributed by atoms with Crippen molar-refractivity contribution in [3.05, 3.63) is 82.9 Å². The van der Waals surface area contributed by atoms with Crippen LogP contribution in [-0.4, -0.2) is 33.6 Å². The van der Waals surface area contributed by atoms with Crippen LogP contribution in [0.2, 0.25) is 0 Å². The Bertz CT molecular complexity index is 1080. The Kier molecular flexibility index (Phi) is 6.41. The Balaban J connectivity index is 1.58. The molecule has 1 heterocycles. The molecule has 0 aliphatic carbocycles. The monoisotopic (exact) mass is 417 g/mol. The number of nitrogens with zero attached hydrogens (tertiary/aromatic N) is 1. The first-order valence-electron chi connectivity index (χ1n) is 10.3. The predicted octanol–water partition coefficient (Wildman–Crippen LogP) is 4.88. The summed E-state index contributed by atoms with van der Waals surface area (Å²) in [6, 6.07) is 20.3. The topological polar surface area (TPSA) is 49.3 Å². The van der Waals surface area contributed by atoms with Gasteiger partial charge >= 0.3 is 0 Å². The molecule has 3 aromatic carbocycles. The summed E-state index contributed by atoms with van der Waals surface area (Å²) >= 11 is 0. The van der Waals surface area contributed by atoms with E-state index in [-0.39, 0.29) is 0 Å². The summed E-state index contributed by atoms with van der Waals surface area (Å²) in [5, 5.41) is 0. The van der Waals surface area contributed by atoms with Crippen LogP contribution in [0.5, 0.6) is 23.0 Å². The molecule has 0 saturated heterocycles. The maximum atomic E-state index is 6.09. The van der Waals surface area contributed by atoms with E-state index in [1.807, 2.05) is 36.4 Å². The van der Waals surface area contributed by atoms with E-state index in [1.165, 1.54) is 5.56 Å². The lowest BCUT2D eigenvalue weighted by molar-refractivity contribution is 0.284. The molecule has 0 saturated carbocycles. The highest BCUT2D eigenvalue weighted by atomic mass is 16.5. The Morgan fingerprint density at radius 2 is 1.48 bits per heavy atom. The van der Waals surface area contributed by atoms with Gasteiger partial charge < -0.3 is 18.9 Å². The van der Waals surface area contributed by atoms with Gasteiger partial charge in [-0.3, -0.25) is 4.99 Å². The minimum absolute atomic E-state index is 0.503. The van der Waals surface area contributed by atoms with Gasteiger partial charge in [0.2, 0.25) is 0 Å². The van der Waals surface area contributed by atoms with Crippen molar-refractivity contribution in [2.75, 3.05) is 27.9 Å². The first-order valence-corrected chi connectivity index (χ1v) is 10.3. The second-order valence-corrected chi connectivity index (χ2v) is 7.38. The van der Waals surface area contributed by atoms with Crippen LogP contribution in [0, 0.1) is 0 Å². The summed E-state index contributed by atoms with van der Waals surface area (Å²) in [7, 11) is 4.96. The van der Waals surface area contributed by atoms with Gasteiger partial charge in [-0.25, -0.2) is 0 Å². The second-order valence-electron chi connectivity index (χ2n) is 7.38. The number of benzene rings is 3.